The fourth-order valence-electron chi connectivity index (χ4n) is 0.510. The molecule has 0 aromatic heterocycles. The average Bonchev–Trinajstić information content (AvgIpc) is 2.07. The van der Waals surface area contributed by atoms with Crippen LogP contribution in [0.4, 0.5) is 0 Å². The molecule has 0 amide bonds. The van der Waals surface area contributed by atoms with Gasteiger partial charge in [-0.25, -0.2) is 0 Å². The van der Waals surface area contributed by atoms with Gasteiger partial charge in [0.1, 0.15) is 0 Å². The second-order valence-electron chi connectivity index (χ2n) is 2.61. The van der Waals surface area contributed by atoms with Crippen LogP contribution in [0, 0.1) is 0 Å². The van der Waals surface area contributed by atoms with Crippen LogP contribution >= 0.6 is 0 Å². The summed E-state index contributed by atoms with van der Waals surface area (Å²) in [5.41, 5.74) is 2.72. The van der Waals surface area contributed by atoms with Crippen molar-refractivity contribution in [2.24, 2.45) is 0 Å². The monoisotopic (exact) mass is 210 g/mol. The molecule has 0 atom stereocenters. The van der Waals surface area contributed by atoms with Crippen molar-refractivity contribution >= 4 is 13.8 Å². The van der Waals surface area contributed by atoms with Crippen LogP contribution in [0.3, 0.4) is 0 Å². The molecule has 3 nitrogen and oxygen atoms in total. The van der Waals surface area contributed by atoms with Gasteiger partial charge in [-0.3, -0.25) is 0 Å². The Bertz CT molecular complexity index is 98.3. The standard InChI is InChI=1S/C4H8O.C2H7AsO2/c1-2-4-5-3-1;1-3(2,4)5/h1-4H2;1-2H3,(H,4,5). The van der Waals surface area contributed by atoms with Gasteiger partial charge in [0.15, 0.2) is 0 Å². The zero-order chi connectivity index (χ0) is 8.04. The quantitative estimate of drug-likeness (QED) is 0.604. The van der Waals surface area contributed by atoms with Crippen LogP contribution in [-0.4, -0.2) is 31.1 Å². The van der Waals surface area contributed by atoms with E-state index in [2.05, 4.69) is 0 Å². The average molecular weight is 210 g/mol. The predicted octanol–water partition coefficient (Wildman–Crippen LogP) is 0.908. The van der Waals surface area contributed by atoms with Crippen molar-refractivity contribution < 1.29 is 12.6 Å². The normalized spacial score (nSPS) is 17.9. The van der Waals surface area contributed by atoms with Gasteiger partial charge in [0.05, 0.1) is 0 Å². The molecular formula is C6H15AsO3. The number of rotatable bonds is 0. The van der Waals surface area contributed by atoms with Gasteiger partial charge in [0.2, 0.25) is 0 Å². The van der Waals surface area contributed by atoms with E-state index in [1.165, 1.54) is 24.3 Å². The van der Waals surface area contributed by atoms with Crippen molar-refractivity contribution in [2.75, 3.05) is 13.2 Å². The molecule has 62 valence electrons. The van der Waals surface area contributed by atoms with Gasteiger partial charge >= 0.3 is 33.1 Å². The van der Waals surface area contributed by atoms with E-state index in [1.807, 2.05) is 0 Å². The van der Waals surface area contributed by atoms with Gasteiger partial charge < -0.3 is 4.74 Å². The molecule has 0 radical (unpaired) electrons. The summed E-state index contributed by atoms with van der Waals surface area (Å²) < 4.78 is 22.9. The third-order valence-electron chi connectivity index (χ3n) is 0.827. The third kappa shape index (κ3) is 15.7. The molecule has 1 aliphatic heterocycles. The van der Waals surface area contributed by atoms with Gasteiger partial charge in [-0.1, -0.05) is 0 Å². The Labute approximate surface area is 64.4 Å². The molecule has 1 aliphatic rings. The first-order valence-corrected chi connectivity index (χ1v) is 8.71. The maximum atomic E-state index is 9.83. The molecule has 0 aromatic carbocycles. The van der Waals surface area contributed by atoms with Crippen LogP contribution in [0.25, 0.3) is 0 Å². The van der Waals surface area contributed by atoms with Crippen LogP contribution in [0.1, 0.15) is 12.8 Å². The maximum absolute atomic E-state index is 9.83. The minimum absolute atomic E-state index is 1.00. The Kier molecular flexibility index (Phi) is 5.14. The van der Waals surface area contributed by atoms with Gasteiger partial charge in [-0.05, 0) is 12.8 Å². The van der Waals surface area contributed by atoms with E-state index in [4.69, 9.17) is 8.83 Å². The molecule has 0 unspecified atom stereocenters. The van der Waals surface area contributed by atoms with E-state index in [1.54, 1.807) is 0 Å². The predicted molar refractivity (Wildman–Crippen MR) is 40.4 cm³/mol. The third-order valence-corrected chi connectivity index (χ3v) is 0.827. The fraction of sp³-hybridized carbons (Fsp3) is 1.00. The summed E-state index contributed by atoms with van der Waals surface area (Å²) in [6.07, 6.45) is 2.56. The van der Waals surface area contributed by atoms with Gasteiger partial charge in [0, 0.05) is 13.2 Å². The summed E-state index contributed by atoms with van der Waals surface area (Å²) in [6, 6.07) is 0. The fourth-order valence-corrected chi connectivity index (χ4v) is 0.510. The first-order chi connectivity index (χ1) is 4.50. The first kappa shape index (κ1) is 10.3. The molecule has 0 spiro atoms. The second kappa shape index (κ2) is 5.00. The summed E-state index contributed by atoms with van der Waals surface area (Å²) in [4.78, 5) is 0. The van der Waals surface area contributed by atoms with E-state index in [9.17, 15) is 3.74 Å². The Morgan fingerprint density at radius 1 is 1.30 bits per heavy atom. The van der Waals surface area contributed by atoms with Gasteiger partial charge in [-0.2, -0.15) is 0 Å². The minimum atomic E-state index is -3.12. The van der Waals surface area contributed by atoms with Crippen molar-refractivity contribution in [3.8, 4) is 0 Å². The molecular weight excluding hydrogens is 195 g/mol. The molecule has 0 aromatic rings. The Morgan fingerprint density at radius 3 is 1.70 bits per heavy atom. The molecule has 10 heavy (non-hydrogen) atoms. The summed E-state index contributed by atoms with van der Waals surface area (Å²) in [6.45, 7) is 2.00. The van der Waals surface area contributed by atoms with Crippen LogP contribution in [0.15, 0.2) is 0 Å². The Morgan fingerprint density at radius 2 is 1.60 bits per heavy atom. The number of hydrogen-bond acceptors (Lipinski definition) is 2. The van der Waals surface area contributed by atoms with E-state index in [-0.39, 0.29) is 0 Å². The second-order valence-corrected chi connectivity index (χ2v) is 8.04. The molecule has 1 rings (SSSR count). The number of hydrogen-bond donors (Lipinski definition) is 1. The van der Waals surface area contributed by atoms with Crippen LogP contribution in [0.2, 0.25) is 11.4 Å². The van der Waals surface area contributed by atoms with Crippen molar-refractivity contribution in [2.45, 2.75) is 24.3 Å². The van der Waals surface area contributed by atoms with Crippen LogP contribution < -0.4 is 0 Å². The molecule has 1 N–H and O–H groups in total. The topological polar surface area (TPSA) is 46.5 Å². The SMILES string of the molecule is C1CCOC1.C[As](C)(=O)O. The summed E-state index contributed by atoms with van der Waals surface area (Å²) in [7, 11) is 0. The Hall–Kier alpha value is 0.278. The molecule has 1 fully saturated rings. The molecule has 0 aliphatic carbocycles. The van der Waals surface area contributed by atoms with Crippen molar-refractivity contribution in [3.63, 3.8) is 0 Å². The van der Waals surface area contributed by atoms with Gasteiger partial charge in [-0.15, -0.1) is 0 Å². The van der Waals surface area contributed by atoms with Crippen molar-refractivity contribution in [3.05, 3.63) is 0 Å². The molecule has 1 heterocycles. The summed E-state index contributed by atoms with van der Waals surface area (Å²) >= 11 is -3.12. The van der Waals surface area contributed by atoms with E-state index < -0.39 is 13.8 Å². The van der Waals surface area contributed by atoms with Crippen molar-refractivity contribution in [1.82, 2.24) is 0 Å². The molecule has 0 saturated carbocycles. The Balaban J connectivity index is 0.000000162. The molecule has 1 saturated heterocycles. The molecule has 0 bridgehead atoms. The van der Waals surface area contributed by atoms with E-state index in [0.717, 1.165) is 13.2 Å². The van der Waals surface area contributed by atoms with Crippen LogP contribution in [0.5, 0.6) is 0 Å². The van der Waals surface area contributed by atoms with E-state index in [0.29, 0.717) is 0 Å². The van der Waals surface area contributed by atoms with Crippen LogP contribution in [-0.2, 0) is 8.48 Å². The number of ether oxygens (including phenoxy) is 1. The van der Waals surface area contributed by atoms with E-state index >= 15 is 0 Å². The van der Waals surface area contributed by atoms with Gasteiger partial charge in [0.25, 0.3) is 0 Å². The summed E-state index contributed by atoms with van der Waals surface area (Å²) in [5, 5.41) is 0. The molecule has 4 heteroatoms. The van der Waals surface area contributed by atoms with Crippen molar-refractivity contribution in [1.29, 1.82) is 0 Å². The first-order valence-electron chi connectivity index (χ1n) is 3.35. The zero-order valence-electron chi connectivity index (χ0n) is 6.54. The summed E-state index contributed by atoms with van der Waals surface area (Å²) in [5.74, 6) is 0. The zero-order valence-corrected chi connectivity index (χ0v) is 8.42.